The summed E-state index contributed by atoms with van der Waals surface area (Å²) in [6, 6.07) is 31.2. The predicted octanol–water partition coefficient (Wildman–Crippen LogP) is 20.4. The summed E-state index contributed by atoms with van der Waals surface area (Å²) in [5.74, 6) is 2.38. The Morgan fingerprint density at radius 2 is 0.837 bits per heavy atom. The Bertz CT molecular complexity index is 5530. The van der Waals surface area contributed by atoms with Gasteiger partial charge in [0, 0.05) is 68.5 Å². The third-order valence-corrected chi connectivity index (χ3v) is 24.5. The molecule has 33 nitrogen and oxygen atoms in total. The van der Waals surface area contributed by atoms with Crippen molar-refractivity contribution < 1.29 is 152 Å². The number of hydrogen-bond donors (Lipinski definition) is 6. The second-order valence-electron chi connectivity index (χ2n) is 35.0. The van der Waals surface area contributed by atoms with E-state index < -0.39 is 77.5 Å². The van der Waals surface area contributed by atoms with Gasteiger partial charge in [-0.05, 0) is 167 Å². The Labute approximate surface area is 906 Å². The monoisotopic (exact) mass is 2390 g/mol. The van der Waals surface area contributed by atoms with Crippen molar-refractivity contribution >= 4 is 183 Å². The number of ether oxygens (including phenoxy) is 18. The number of amides is 4. The van der Waals surface area contributed by atoms with Crippen LogP contribution >= 0.6 is 110 Å². The first-order valence-electron chi connectivity index (χ1n) is 44.9. The summed E-state index contributed by atoms with van der Waals surface area (Å²) >= 11 is 36.7. The summed E-state index contributed by atoms with van der Waals surface area (Å²) in [5.41, 5.74) is 6.85. The number of halogens is 11. The van der Waals surface area contributed by atoms with E-state index in [1.54, 1.807) is 155 Å². The zero-order chi connectivity index (χ0) is 110. The molecule has 6 fully saturated rings. The van der Waals surface area contributed by atoms with Crippen molar-refractivity contribution in [3.05, 3.63) is 217 Å². The molecule has 45 heteroatoms. The minimum absolute atomic E-state index is 0.0238. The van der Waals surface area contributed by atoms with Crippen molar-refractivity contribution in [3.63, 3.8) is 0 Å². The number of alkyl carbamates (subject to hydrolysis) is 2. The number of nitrogens with two attached hydrogens (primary N) is 1. The lowest BCUT2D eigenvalue weighted by Crippen LogP contribution is -2.46. The van der Waals surface area contributed by atoms with Gasteiger partial charge in [0.05, 0.1) is 230 Å². The molecule has 7 N–H and O–H groups in total. The molecule has 0 bridgehead atoms. The summed E-state index contributed by atoms with van der Waals surface area (Å²) in [6.45, 7) is 23.5. The van der Waals surface area contributed by atoms with Gasteiger partial charge in [-0.3, -0.25) is 29.3 Å². The zero-order valence-electron chi connectivity index (χ0n) is 84.5. The number of epoxide rings is 1. The Morgan fingerprint density at radius 1 is 0.476 bits per heavy atom. The highest BCUT2D eigenvalue weighted by molar-refractivity contribution is 9.28. The summed E-state index contributed by atoms with van der Waals surface area (Å²) in [6.07, 6.45) is 5.53. The van der Waals surface area contributed by atoms with Crippen molar-refractivity contribution in [3.8, 4) is 57.5 Å². The van der Waals surface area contributed by atoms with Crippen molar-refractivity contribution in [2.24, 2.45) is 17.6 Å². The van der Waals surface area contributed by atoms with Crippen molar-refractivity contribution in [2.75, 3.05) is 137 Å². The number of aliphatic hydroxyl groups excluding tert-OH is 2. The molecule has 4 amide bonds. The van der Waals surface area contributed by atoms with Gasteiger partial charge in [0.25, 0.3) is 11.8 Å². The SMILES string of the molecule is C1=CCOC1.C1OCC2OC12.CC(C)(C)OC(=O)N[C@H]1COC[C@@H]1O.CC(C)(C)OC(=O)N[C@H]1COC[C@H]1C1C(=O)c2ccccc2C1=O.COc1cc(C=C(Br)Br)cc(OC)c1.COc1cc(C=O)cc(OC)c1.COc1cc(OC)c(Cl)c(/C(F)=C/B2OC(C)(C)C(C)(C)O2)c1Cl.COc1cc(OC)c(Cl)c(/C(F)=C/Br)c1Cl.COc1cc(OC)cc(/C(F)=C/Br)c1.N[C@H]1COC[C@@H]1O.O=C1NC(=O)c2ccccc21. The van der Waals surface area contributed by atoms with Crippen LogP contribution in [0.25, 0.3) is 23.6 Å². The Hall–Kier alpha value is -9.58. The molecular weight excluding hydrogens is 2270 g/mol. The number of carbonyl (C=O) groups is 7. The molecule has 0 radical (unpaired) electrons. The molecule has 0 aromatic heterocycles. The van der Waals surface area contributed by atoms with E-state index in [0.29, 0.717) is 99.9 Å². The molecule has 16 rings (SSSR count). The maximum absolute atomic E-state index is 14.9. The smallest absolute Gasteiger partial charge is 0.490 e. The number of imide groups is 1. The fourth-order valence-electron chi connectivity index (χ4n) is 13.5. The van der Waals surface area contributed by atoms with Gasteiger partial charge in [0.2, 0.25) is 0 Å². The van der Waals surface area contributed by atoms with Crippen LogP contribution in [0.4, 0.5) is 22.8 Å². The first-order valence-corrected chi connectivity index (χ1v) is 49.9. The molecule has 147 heavy (non-hydrogen) atoms. The van der Waals surface area contributed by atoms with Crippen LogP contribution in [-0.2, 0) is 47.2 Å². The zero-order valence-corrected chi connectivity index (χ0v) is 93.9. The number of rotatable bonds is 19. The second kappa shape index (κ2) is 61.1. The maximum atomic E-state index is 14.9. The minimum Gasteiger partial charge on any atom is -0.497 e. The van der Waals surface area contributed by atoms with Gasteiger partial charge in [0.15, 0.2) is 11.6 Å². The normalized spacial score (nSPS) is 19.6. The predicted molar refractivity (Wildman–Crippen MR) is 569 cm³/mol. The lowest BCUT2D eigenvalue weighted by Gasteiger charge is -2.32. The van der Waals surface area contributed by atoms with E-state index in [0.717, 1.165) is 58.2 Å². The second-order valence-corrected chi connectivity index (χ2v) is 40.2. The number of nitrogens with one attached hydrogen (secondary N) is 3. The Morgan fingerprint density at radius 3 is 1.15 bits per heavy atom. The molecule has 7 aromatic carbocycles. The molecular formula is C102H122BBr4Cl4F3N4O29. The molecule has 7 aromatic rings. The lowest BCUT2D eigenvalue weighted by atomic mass is 9.84. The van der Waals surface area contributed by atoms with Crippen LogP contribution < -0.4 is 69.1 Å². The number of fused-ring (bicyclic) bond motifs is 3. The number of hydrogen-bond acceptors (Lipinski definition) is 30. The summed E-state index contributed by atoms with van der Waals surface area (Å²) in [7, 11) is 14.2. The van der Waals surface area contributed by atoms with E-state index in [9.17, 15) is 51.8 Å². The summed E-state index contributed by atoms with van der Waals surface area (Å²) in [4.78, 5) is 83.1. The molecule has 8 aliphatic heterocycles. The van der Waals surface area contributed by atoms with Crippen LogP contribution in [0.1, 0.15) is 143 Å². The highest BCUT2D eigenvalue weighted by Crippen LogP contribution is 2.48. The quantitative estimate of drug-likeness (QED) is 0.0109. The largest absolute Gasteiger partial charge is 0.497 e. The van der Waals surface area contributed by atoms with E-state index in [-0.39, 0.29) is 110 Å². The number of benzene rings is 7. The van der Waals surface area contributed by atoms with Gasteiger partial charge >= 0.3 is 19.3 Å². The molecule has 6 saturated heterocycles. The topological polar surface area (TPSA) is 410 Å². The first kappa shape index (κ1) is 126. The number of Topliss-reactive ketones (excluding diaryl/α,β-unsaturated/α-hetero) is 2. The molecule has 0 spiro atoms. The number of aldehydes is 1. The molecule has 8 heterocycles. The highest BCUT2D eigenvalue weighted by atomic mass is 79.9. The molecule has 8 atom stereocenters. The van der Waals surface area contributed by atoms with E-state index in [4.69, 9.17) is 152 Å². The van der Waals surface area contributed by atoms with E-state index in [1.807, 2.05) is 64.1 Å². The summed E-state index contributed by atoms with van der Waals surface area (Å²) < 4.78 is 145. The Kier molecular flexibility index (Phi) is 52.4. The molecule has 1 aliphatic carbocycles. The highest BCUT2D eigenvalue weighted by Gasteiger charge is 2.52. The Balaban J connectivity index is 0.000000253. The number of carbonyl (C=O) groups excluding carboxylic acids is 7. The minimum atomic E-state index is -0.862. The van der Waals surface area contributed by atoms with Crippen LogP contribution in [0.15, 0.2) is 147 Å². The number of methoxy groups -OCH3 is 10. The van der Waals surface area contributed by atoms with Gasteiger partial charge in [-0.1, -0.05) is 127 Å². The van der Waals surface area contributed by atoms with Crippen LogP contribution in [0.5, 0.6) is 57.5 Å². The van der Waals surface area contributed by atoms with Gasteiger partial charge in [-0.15, -0.1) is 0 Å². The van der Waals surface area contributed by atoms with Crippen molar-refractivity contribution in [1.29, 1.82) is 0 Å². The van der Waals surface area contributed by atoms with Crippen LogP contribution in [0, 0.1) is 11.8 Å². The molecule has 0 saturated carbocycles. The van der Waals surface area contributed by atoms with E-state index in [2.05, 4.69) is 79.7 Å². The maximum Gasteiger partial charge on any atom is 0.490 e. The van der Waals surface area contributed by atoms with Crippen LogP contribution in [0.2, 0.25) is 20.1 Å². The third-order valence-electron chi connectivity index (χ3n) is 21.8. The van der Waals surface area contributed by atoms with Gasteiger partial charge in [-0.25, -0.2) is 22.8 Å². The molecule has 804 valence electrons. The van der Waals surface area contributed by atoms with Crippen molar-refractivity contribution in [1.82, 2.24) is 16.0 Å². The van der Waals surface area contributed by atoms with Gasteiger partial charge in [0.1, 0.15) is 105 Å². The van der Waals surface area contributed by atoms with Crippen LogP contribution in [-0.4, -0.2) is 261 Å². The number of ketones is 2. The third kappa shape index (κ3) is 39.3. The molecule has 9 aliphatic rings. The fraction of sp³-hybridized carbons (Fsp3) is 0.422. The standard InChI is InChI=1S/C18H21NO5.C16H20BCl2FO4.C10H10Br2O2.C10H8BrCl2FO2.C10H10BrFO2.C9H17NO4.C9H10O3.C8H5NO2.C4H9NO2.C4H6O2.C4H6O/c1-18(2,3)24-17(22)19-13-9-23-8-12(13)14-15(20)10-6-4-5-7-11(10)16(14)21;1-15(2)16(3,4)24-17(23-15)8-9(20)12-13(18)10(21-5)7-11(22-6)14(12)19;1-13-8-3-7(5-10(11)12)4-9(6-8)14-2;1-15-6-3-7(16-2)10(13)8(9(6)12)5(14)4-11;1-13-8-3-7(10(12)6-11)4-9(5-8)14-2;1-9(2,3)14-8(12)10-6-4-13-5-7(6)11;1-11-8-3-7(6-10)4-9(5-8)12-2;10-7-5-3-1-2-4-6(5)8(11)9-7;5-3-1-7-2-4(3)6;1-3-4(6-3)2-5-1;1-2-4-5-3-1/h4-7,12-14H,8-9H2,1-3H3,(H,19,22);7-8H,1-6H3;3-6H,1-2H3;3-4H,1-2H3;3-6H,1-2H3;6-7,11H,4-5H2,1-3H3,(H,10,12);3-6H,1-2H3;1-4H,(H,9,10,11);3-4,6H,1-2,5H2;3-4H,1-2H2;1-2H,3-4H2/b;9-8-;;5-4-;10-6-;;;;;;/t12-,13+;;;;;6-,7-;;;3-,4-;;/m1....0..0../s1. The summed E-state index contributed by atoms with van der Waals surface area (Å²) in [5, 5.41) is 25.9. The lowest BCUT2D eigenvalue weighted by molar-refractivity contribution is 0.00578. The van der Waals surface area contributed by atoms with Crippen molar-refractivity contribution in [2.45, 2.75) is 134 Å². The molecule has 2 unspecified atom stereocenters. The number of aliphatic hydroxyl groups is 2. The average molecular weight is 2400 g/mol. The fourth-order valence-corrected chi connectivity index (χ4v) is 15.9. The van der Waals surface area contributed by atoms with E-state index in [1.165, 1.54) is 65.8 Å². The van der Waals surface area contributed by atoms with Crippen LogP contribution in [0.3, 0.4) is 0 Å². The average Bonchev–Trinajstić information content (AvgIpc) is 1.61. The first-order chi connectivity index (χ1) is 69.5. The van der Waals surface area contributed by atoms with E-state index >= 15 is 0 Å². The van der Waals surface area contributed by atoms with Gasteiger partial charge in [-0.2, -0.15) is 0 Å². The van der Waals surface area contributed by atoms with Gasteiger partial charge < -0.3 is 121 Å².